The lowest BCUT2D eigenvalue weighted by Crippen LogP contribution is -2.35. The predicted molar refractivity (Wildman–Crippen MR) is 103 cm³/mol. The molecule has 0 unspecified atom stereocenters. The Bertz CT molecular complexity index is 1010. The van der Waals surface area contributed by atoms with E-state index in [1.807, 2.05) is 42.2 Å². The quantitative estimate of drug-likeness (QED) is 0.757. The molecule has 0 saturated carbocycles. The number of hydrogen-bond donors (Lipinski definition) is 1. The molecule has 1 aromatic carbocycles. The van der Waals surface area contributed by atoms with Gasteiger partial charge in [0.05, 0.1) is 35.4 Å². The molecule has 0 spiro atoms. The van der Waals surface area contributed by atoms with Crippen LogP contribution in [0.2, 0.25) is 0 Å². The van der Waals surface area contributed by atoms with Crippen LogP contribution >= 0.6 is 11.3 Å². The molecule has 2 amide bonds. The van der Waals surface area contributed by atoms with Crippen LogP contribution < -0.4 is 5.32 Å². The van der Waals surface area contributed by atoms with Crippen molar-refractivity contribution in [3.05, 3.63) is 58.4 Å². The summed E-state index contributed by atoms with van der Waals surface area (Å²) in [6, 6.07) is 9.76. The van der Waals surface area contributed by atoms with Crippen LogP contribution in [0.3, 0.4) is 0 Å². The van der Waals surface area contributed by atoms with E-state index in [1.165, 1.54) is 18.3 Å². The van der Waals surface area contributed by atoms with Gasteiger partial charge in [-0.25, -0.2) is 9.67 Å². The van der Waals surface area contributed by atoms with Crippen molar-refractivity contribution in [1.82, 2.24) is 19.7 Å². The third-order valence-corrected chi connectivity index (χ3v) is 5.54. The highest BCUT2D eigenvalue weighted by Crippen LogP contribution is 2.29. The number of thiazole rings is 1. The molecule has 1 aliphatic heterocycles. The fraction of sp³-hybridized carbons (Fsp3) is 0.263. The molecule has 27 heavy (non-hydrogen) atoms. The summed E-state index contributed by atoms with van der Waals surface area (Å²) in [7, 11) is 0. The molecule has 0 bridgehead atoms. The van der Waals surface area contributed by atoms with E-state index in [2.05, 4.69) is 15.4 Å². The SMILES string of the molecule is CC(=O)Nc1nc2c(s1)CN(C(=O)c1cnn(-c3ccccc3)c1C)CC2. The Morgan fingerprint density at radius 3 is 2.74 bits per heavy atom. The number of fused-ring (bicyclic) bond motifs is 1. The number of anilines is 1. The Balaban J connectivity index is 1.55. The molecule has 0 fully saturated rings. The van der Waals surface area contributed by atoms with Gasteiger partial charge in [-0.1, -0.05) is 29.5 Å². The van der Waals surface area contributed by atoms with Crippen LogP contribution in [0.1, 0.15) is 33.5 Å². The molecular formula is C19H19N5O2S. The average Bonchev–Trinajstić information content (AvgIpc) is 3.23. The van der Waals surface area contributed by atoms with Gasteiger partial charge in [0.1, 0.15) is 0 Å². The van der Waals surface area contributed by atoms with Crippen molar-refractivity contribution in [3.8, 4) is 5.69 Å². The first kappa shape index (κ1) is 17.4. The van der Waals surface area contributed by atoms with Gasteiger partial charge in [0.15, 0.2) is 5.13 Å². The molecule has 1 N–H and O–H groups in total. The van der Waals surface area contributed by atoms with Crippen LogP contribution in [-0.4, -0.2) is 38.0 Å². The molecule has 0 radical (unpaired) electrons. The van der Waals surface area contributed by atoms with E-state index in [4.69, 9.17) is 0 Å². The van der Waals surface area contributed by atoms with Gasteiger partial charge in [0, 0.05) is 24.8 Å². The highest BCUT2D eigenvalue weighted by atomic mass is 32.1. The Kier molecular flexibility index (Phi) is 4.49. The summed E-state index contributed by atoms with van der Waals surface area (Å²) in [5.41, 5.74) is 3.32. The van der Waals surface area contributed by atoms with Crippen molar-refractivity contribution in [2.24, 2.45) is 0 Å². The highest BCUT2D eigenvalue weighted by Gasteiger charge is 2.27. The smallest absolute Gasteiger partial charge is 0.257 e. The zero-order valence-corrected chi connectivity index (χ0v) is 15.9. The topological polar surface area (TPSA) is 80.1 Å². The number of hydrogen-bond acceptors (Lipinski definition) is 5. The van der Waals surface area contributed by atoms with E-state index >= 15 is 0 Å². The maximum Gasteiger partial charge on any atom is 0.257 e. The zero-order valence-electron chi connectivity index (χ0n) is 15.1. The summed E-state index contributed by atoms with van der Waals surface area (Å²) in [4.78, 5) is 31.6. The summed E-state index contributed by atoms with van der Waals surface area (Å²) < 4.78 is 1.78. The largest absolute Gasteiger partial charge is 0.333 e. The van der Waals surface area contributed by atoms with Gasteiger partial charge in [-0.05, 0) is 19.1 Å². The molecule has 8 heteroatoms. The van der Waals surface area contributed by atoms with Crippen LogP contribution in [0, 0.1) is 6.92 Å². The highest BCUT2D eigenvalue weighted by molar-refractivity contribution is 7.15. The van der Waals surface area contributed by atoms with Gasteiger partial charge in [-0.3, -0.25) is 9.59 Å². The lowest BCUT2D eigenvalue weighted by molar-refractivity contribution is -0.114. The number of benzene rings is 1. The van der Waals surface area contributed by atoms with E-state index in [1.54, 1.807) is 10.9 Å². The molecule has 1 aliphatic rings. The number of nitrogens with one attached hydrogen (secondary N) is 1. The van der Waals surface area contributed by atoms with E-state index in [0.717, 1.165) is 22.0 Å². The normalized spacial score (nSPS) is 13.3. The van der Waals surface area contributed by atoms with Crippen molar-refractivity contribution in [1.29, 1.82) is 0 Å². The summed E-state index contributed by atoms with van der Waals surface area (Å²) >= 11 is 1.43. The molecular weight excluding hydrogens is 362 g/mol. The molecule has 3 heterocycles. The summed E-state index contributed by atoms with van der Waals surface area (Å²) in [5.74, 6) is -0.173. The minimum absolute atomic E-state index is 0.0326. The summed E-state index contributed by atoms with van der Waals surface area (Å²) in [6.07, 6.45) is 2.32. The summed E-state index contributed by atoms with van der Waals surface area (Å²) in [5, 5.41) is 7.71. The van der Waals surface area contributed by atoms with E-state index in [0.29, 0.717) is 30.2 Å². The van der Waals surface area contributed by atoms with Crippen LogP contribution in [0.25, 0.3) is 5.69 Å². The Labute approximate surface area is 160 Å². The zero-order chi connectivity index (χ0) is 19.0. The van der Waals surface area contributed by atoms with Gasteiger partial charge in [-0.2, -0.15) is 5.10 Å². The minimum Gasteiger partial charge on any atom is -0.333 e. The number of aromatic nitrogens is 3. The molecule has 0 saturated heterocycles. The molecule has 4 rings (SSSR count). The average molecular weight is 381 g/mol. The number of carbonyl (C=O) groups is 2. The minimum atomic E-state index is -0.141. The van der Waals surface area contributed by atoms with Crippen molar-refractivity contribution in [2.75, 3.05) is 11.9 Å². The van der Waals surface area contributed by atoms with Crippen molar-refractivity contribution < 1.29 is 9.59 Å². The molecule has 138 valence electrons. The number of para-hydroxylation sites is 1. The van der Waals surface area contributed by atoms with Crippen molar-refractivity contribution >= 4 is 28.3 Å². The second-order valence-electron chi connectivity index (χ2n) is 6.44. The number of amides is 2. The molecule has 7 nitrogen and oxygen atoms in total. The first-order valence-corrected chi connectivity index (χ1v) is 9.50. The van der Waals surface area contributed by atoms with Crippen molar-refractivity contribution in [3.63, 3.8) is 0 Å². The fourth-order valence-electron chi connectivity index (χ4n) is 3.19. The lowest BCUT2D eigenvalue weighted by atomic mass is 10.1. The molecule has 0 atom stereocenters. The van der Waals surface area contributed by atoms with Crippen molar-refractivity contribution in [2.45, 2.75) is 26.8 Å². The van der Waals surface area contributed by atoms with Gasteiger partial charge >= 0.3 is 0 Å². The molecule has 3 aromatic rings. The van der Waals surface area contributed by atoms with Gasteiger partial charge in [0.2, 0.25) is 5.91 Å². The molecule has 0 aliphatic carbocycles. The van der Waals surface area contributed by atoms with Gasteiger partial charge in [-0.15, -0.1) is 0 Å². The Hall–Kier alpha value is -3.00. The van der Waals surface area contributed by atoms with Crippen LogP contribution in [0.15, 0.2) is 36.5 Å². The first-order valence-electron chi connectivity index (χ1n) is 8.68. The van der Waals surface area contributed by atoms with E-state index < -0.39 is 0 Å². The predicted octanol–water partition coefficient (Wildman–Crippen LogP) is 2.79. The third kappa shape index (κ3) is 3.35. The first-order chi connectivity index (χ1) is 13.0. The van der Waals surface area contributed by atoms with Crippen LogP contribution in [0.5, 0.6) is 0 Å². The van der Waals surface area contributed by atoms with E-state index in [-0.39, 0.29) is 11.8 Å². The van der Waals surface area contributed by atoms with Crippen LogP contribution in [-0.2, 0) is 17.8 Å². The maximum atomic E-state index is 13.0. The number of nitrogens with zero attached hydrogens (tertiary/aromatic N) is 4. The second-order valence-corrected chi connectivity index (χ2v) is 7.52. The lowest BCUT2D eigenvalue weighted by Gasteiger charge is -2.26. The summed E-state index contributed by atoms with van der Waals surface area (Å²) in [6.45, 7) is 4.47. The third-order valence-electron chi connectivity index (χ3n) is 4.54. The Morgan fingerprint density at radius 2 is 2.00 bits per heavy atom. The monoisotopic (exact) mass is 381 g/mol. The number of rotatable bonds is 3. The second kappa shape index (κ2) is 6.96. The maximum absolute atomic E-state index is 13.0. The van der Waals surface area contributed by atoms with E-state index in [9.17, 15) is 9.59 Å². The van der Waals surface area contributed by atoms with Crippen LogP contribution in [0.4, 0.5) is 5.13 Å². The van der Waals surface area contributed by atoms with Gasteiger partial charge in [0.25, 0.3) is 5.91 Å². The Morgan fingerprint density at radius 1 is 1.22 bits per heavy atom. The molecule has 2 aromatic heterocycles. The fourth-order valence-corrected chi connectivity index (χ4v) is 4.26. The standard InChI is InChI=1S/C19H19N5O2S/c1-12-15(10-20-24(12)14-6-4-3-5-7-14)18(26)23-9-8-16-17(11-23)27-19(22-16)21-13(2)25/h3-7,10H,8-9,11H2,1-2H3,(H,21,22,25). The van der Waals surface area contributed by atoms with Gasteiger partial charge < -0.3 is 10.2 Å². The number of carbonyl (C=O) groups excluding carboxylic acids is 2.